The van der Waals surface area contributed by atoms with E-state index in [1.165, 1.54) is 6.92 Å². The number of amides is 3. The predicted octanol–water partition coefficient (Wildman–Crippen LogP) is 0.993. The summed E-state index contributed by atoms with van der Waals surface area (Å²) < 4.78 is 11.7. The molecule has 1 atom stereocenters. The first kappa shape index (κ1) is 20.6. The highest BCUT2D eigenvalue weighted by Crippen LogP contribution is 2.37. The summed E-state index contributed by atoms with van der Waals surface area (Å²) in [7, 11) is 0. The molecule has 0 radical (unpaired) electrons. The maximum atomic E-state index is 13.2. The van der Waals surface area contributed by atoms with Crippen molar-refractivity contribution >= 4 is 17.7 Å². The number of carbonyl (C=O) groups is 3. The summed E-state index contributed by atoms with van der Waals surface area (Å²) >= 11 is 0. The summed E-state index contributed by atoms with van der Waals surface area (Å²) in [4.78, 5) is 38.4. The van der Waals surface area contributed by atoms with E-state index in [0.717, 1.165) is 32.1 Å². The van der Waals surface area contributed by atoms with Crippen LogP contribution < -0.4 is 11.1 Å². The molecular formula is C20H31N3O5. The number of hydrogen-bond donors (Lipinski definition) is 2. The maximum Gasteiger partial charge on any atom is 0.248 e. The number of rotatable bonds is 4. The van der Waals surface area contributed by atoms with Crippen LogP contribution in [0.3, 0.4) is 0 Å². The molecule has 3 rings (SSSR count). The highest BCUT2D eigenvalue weighted by molar-refractivity contribution is 5.93. The zero-order valence-corrected chi connectivity index (χ0v) is 16.8. The van der Waals surface area contributed by atoms with Gasteiger partial charge in [0.25, 0.3) is 0 Å². The second kappa shape index (κ2) is 8.11. The lowest BCUT2D eigenvalue weighted by Crippen LogP contribution is -2.54. The average Bonchev–Trinajstić information content (AvgIpc) is 2.80. The molecule has 2 fully saturated rings. The molecule has 2 heterocycles. The normalized spacial score (nSPS) is 27.3. The number of allylic oxidation sites excluding steroid dienone is 1. The van der Waals surface area contributed by atoms with Crippen LogP contribution in [-0.4, -0.2) is 60.1 Å². The second-order valence-corrected chi connectivity index (χ2v) is 8.43. The minimum Gasteiger partial charge on any atom is -0.487 e. The zero-order valence-electron chi connectivity index (χ0n) is 16.8. The summed E-state index contributed by atoms with van der Waals surface area (Å²) in [6.45, 7) is 4.75. The molecule has 1 spiro atoms. The molecule has 0 aromatic carbocycles. The van der Waals surface area contributed by atoms with Crippen molar-refractivity contribution in [3.8, 4) is 0 Å². The molecule has 8 heteroatoms. The number of nitrogens with two attached hydrogens (primary N) is 1. The van der Waals surface area contributed by atoms with E-state index < -0.39 is 17.0 Å². The van der Waals surface area contributed by atoms with Gasteiger partial charge in [-0.2, -0.15) is 0 Å². The first-order valence-corrected chi connectivity index (χ1v) is 10.1. The van der Waals surface area contributed by atoms with Crippen molar-refractivity contribution in [2.75, 3.05) is 26.3 Å². The Morgan fingerprint density at radius 3 is 2.54 bits per heavy atom. The van der Waals surface area contributed by atoms with Gasteiger partial charge in [-0.05, 0) is 19.8 Å². The van der Waals surface area contributed by atoms with Gasteiger partial charge in [-0.3, -0.25) is 14.4 Å². The third-order valence-electron chi connectivity index (χ3n) is 6.03. The Morgan fingerprint density at radius 2 is 1.93 bits per heavy atom. The van der Waals surface area contributed by atoms with Gasteiger partial charge in [0.15, 0.2) is 5.60 Å². The Morgan fingerprint density at radius 1 is 1.21 bits per heavy atom. The standard InChI is InChI=1S/C20H31N3O5/c1-14-16(18(21)26)10-20(28-14)12-23(8-9-27-13-20)17(25)11-19(22-15(2)24)6-4-3-5-7-19/h3-13H2,1-2H3,(H2,21,26)(H,22,24). The van der Waals surface area contributed by atoms with Gasteiger partial charge in [0.2, 0.25) is 17.7 Å². The summed E-state index contributed by atoms with van der Waals surface area (Å²) in [6, 6.07) is 0. The van der Waals surface area contributed by atoms with E-state index in [1.54, 1.807) is 11.8 Å². The Kier molecular flexibility index (Phi) is 5.98. The molecule has 3 amide bonds. The van der Waals surface area contributed by atoms with E-state index in [-0.39, 0.29) is 18.2 Å². The van der Waals surface area contributed by atoms with Crippen LogP contribution >= 0.6 is 0 Å². The van der Waals surface area contributed by atoms with Crippen molar-refractivity contribution < 1.29 is 23.9 Å². The number of nitrogens with one attached hydrogen (secondary N) is 1. The number of hydrogen-bond acceptors (Lipinski definition) is 5. The Hall–Kier alpha value is -2.09. The molecular weight excluding hydrogens is 362 g/mol. The van der Waals surface area contributed by atoms with Crippen LogP contribution in [0.25, 0.3) is 0 Å². The fraction of sp³-hybridized carbons (Fsp3) is 0.750. The maximum absolute atomic E-state index is 13.2. The molecule has 0 aromatic heterocycles. The van der Waals surface area contributed by atoms with Gasteiger partial charge in [0.1, 0.15) is 5.76 Å². The molecule has 8 nitrogen and oxygen atoms in total. The highest BCUT2D eigenvalue weighted by Gasteiger charge is 2.46. The van der Waals surface area contributed by atoms with Crippen molar-refractivity contribution in [3.63, 3.8) is 0 Å². The molecule has 1 aliphatic carbocycles. The van der Waals surface area contributed by atoms with Gasteiger partial charge < -0.3 is 25.4 Å². The monoisotopic (exact) mass is 393 g/mol. The van der Waals surface area contributed by atoms with Gasteiger partial charge in [-0.25, -0.2) is 0 Å². The van der Waals surface area contributed by atoms with Gasteiger partial charge >= 0.3 is 0 Å². The van der Waals surface area contributed by atoms with E-state index >= 15 is 0 Å². The van der Waals surface area contributed by atoms with Crippen LogP contribution in [0.4, 0.5) is 0 Å². The highest BCUT2D eigenvalue weighted by atomic mass is 16.6. The molecule has 2 aliphatic heterocycles. The third kappa shape index (κ3) is 4.48. The lowest BCUT2D eigenvalue weighted by Gasteiger charge is -2.39. The van der Waals surface area contributed by atoms with Crippen molar-refractivity contribution in [1.29, 1.82) is 0 Å². The lowest BCUT2D eigenvalue weighted by molar-refractivity contribution is -0.136. The molecule has 1 unspecified atom stereocenters. The molecule has 156 valence electrons. The lowest BCUT2D eigenvalue weighted by atomic mass is 9.78. The number of carbonyl (C=O) groups excluding carboxylic acids is 3. The summed E-state index contributed by atoms with van der Waals surface area (Å²) in [5, 5.41) is 3.05. The van der Waals surface area contributed by atoms with Crippen LogP contribution in [0.2, 0.25) is 0 Å². The van der Waals surface area contributed by atoms with Crippen LogP contribution in [-0.2, 0) is 23.9 Å². The van der Waals surface area contributed by atoms with E-state index in [1.807, 2.05) is 0 Å². The molecule has 28 heavy (non-hydrogen) atoms. The summed E-state index contributed by atoms with van der Waals surface area (Å²) in [5.74, 6) is -0.111. The number of nitrogens with zero attached hydrogens (tertiary/aromatic N) is 1. The predicted molar refractivity (Wildman–Crippen MR) is 102 cm³/mol. The quantitative estimate of drug-likeness (QED) is 0.740. The molecule has 1 saturated carbocycles. The molecule has 3 aliphatic rings. The average molecular weight is 393 g/mol. The zero-order chi connectivity index (χ0) is 20.4. The van der Waals surface area contributed by atoms with Crippen LogP contribution in [0, 0.1) is 0 Å². The van der Waals surface area contributed by atoms with E-state index in [2.05, 4.69) is 5.32 Å². The van der Waals surface area contributed by atoms with Crippen molar-refractivity contribution in [2.45, 2.75) is 69.9 Å². The van der Waals surface area contributed by atoms with Gasteiger partial charge in [-0.1, -0.05) is 19.3 Å². The first-order valence-electron chi connectivity index (χ1n) is 10.1. The largest absolute Gasteiger partial charge is 0.487 e. The second-order valence-electron chi connectivity index (χ2n) is 8.43. The van der Waals surface area contributed by atoms with Crippen molar-refractivity contribution in [2.24, 2.45) is 5.73 Å². The topological polar surface area (TPSA) is 111 Å². The van der Waals surface area contributed by atoms with Gasteiger partial charge in [0.05, 0.1) is 25.3 Å². The number of ether oxygens (including phenoxy) is 2. The van der Waals surface area contributed by atoms with Crippen LogP contribution in [0.1, 0.15) is 58.8 Å². The molecule has 1 saturated heterocycles. The Balaban J connectivity index is 1.72. The van der Waals surface area contributed by atoms with Crippen molar-refractivity contribution in [3.05, 3.63) is 11.3 Å². The number of primary amides is 1. The third-order valence-corrected chi connectivity index (χ3v) is 6.03. The molecule has 3 N–H and O–H groups in total. The van der Waals surface area contributed by atoms with Gasteiger partial charge in [0, 0.05) is 31.8 Å². The van der Waals surface area contributed by atoms with E-state index in [4.69, 9.17) is 15.2 Å². The van der Waals surface area contributed by atoms with Gasteiger partial charge in [-0.15, -0.1) is 0 Å². The van der Waals surface area contributed by atoms with E-state index in [9.17, 15) is 14.4 Å². The Labute approximate surface area is 165 Å². The first-order chi connectivity index (χ1) is 13.2. The smallest absolute Gasteiger partial charge is 0.248 e. The molecule has 0 aromatic rings. The fourth-order valence-corrected chi connectivity index (χ4v) is 4.77. The Bertz CT molecular complexity index is 683. The summed E-state index contributed by atoms with van der Waals surface area (Å²) in [6.07, 6.45) is 5.40. The van der Waals surface area contributed by atoms with Crippen molar-refractivity contribution in [1.82, 2.24) is 10.2 Å². The summed E-state index contributed by atoms with van der Waals surface area (Å²) in [5.41, 5.74) is 4.68. The fourth-order valence-electron chi connectivity index (χ4n) is 4.77. The minimum absolute atomic E-state index is 0.0192. The minimum atomic E-state index is -0.770. The van der Waals surface area contributed by atoms with Crippen LogP contribution in [0.5, 0.6) is 0 Å². The molecule has 0 bridgehead atoms. The van der Waals surface area contributed by atoms with E-state index in [0.29, 0.717) is 44.1 Å². The SMILES string of the molecule is CC(=O)NC1(CC(=O)N2CCOCC3(CC(C(N)=O)=C(C)O3)C2)CCCCC1. The van der Waals surface area contributed by atoms with Crippen LogP contribution in [0.15, 0.2) is 11.3 Å².